The van der Waals surface area contributed by atoms with Gasteiger partial charge in [-0.15, -0.1) is 12.4 Å². The zero-order chi connectivity index (χ0) is 14.9. The van der Waals surface area contributed by atoms with Gasteiger partial charge >= 0.3 is 0 Å². The third kappa shape index (κ3) is 3.70. The Morgan fingerprint density at radius 3 is 2.27 bits per heavy atom. The van der Waals surface area contributed by atoms with E-state index in [4.69, 9.17) is 23.2 Å². The van der Waals surface area contributed by atoms with Gasteiger partial charge in [0.2, 0.25) is 0 Å². The zero-order valence-corrected chi connectivity index (χ0v) is 14.7. The fourth-order valence-electron chi connectivity index (χ4n) is 3.45. The number of benzene rings is 1. The van der Waals surface area contributed by atoms with Crippen LogP contribution in [0.4, 0.5) is 0 Å². The molecular formula is C16H21Cl3N2O. The molecule has 6 heteroatoms. The van der Waals surface area contributed by atoms with Gasteiger partial charge in [-0.3, -0.25) is 4.79 Å². The van der Waals surface area contributed by atoms with Crippen molar-refractivity contribution in [3.8, 4) is 0 Å². The van der Waals surface area contributed by atoms with E-state index in [0.29, 0.717) is 21.0 Å². The number of amides is 1. The van der Waals surface area contributed by atoms with E-state index in [1.165, 1.54) is 12.8 Å². The predicted octanol–water partition coefficient (Wildman–Crippen LogP) is 4.02. The van der Waals surface area contributed by atoms with Crippen LogP contribution < -0.4 is 5.32 Å². The van der Waals surface area contributed by atoms with Gasteiger partial charge in [0.05, 0.1) is 10.0 Å². The molecule has 0 bridgehead atoms. The summed E-state index contributed by atoms with van der Waals surface area (Å²) in [6.07, 6.45) is 4.70. The molecule has 0 aliphatic carbocycles. The maximum absolute atomic E-state index is 12.5. The summed E-state index contributed by atoms with van der Waals surface area (Å²) < 4.78 is 0. The number of hydrogen-bond donors (Lipinski definition) is 1. The van der Waals surface area contributed by atoms with Gasteiger partial charge in [0.25, 0.3) is 5.91 Å². The van der Waals surface area contributed by atoms with Gasteiger partial charge in [-0.25, -0.2) is 0 Å². The minimum atomic E-state index is 0. The van der Waals surface area contributed by atoms with Gasteiger partial charge in [0.1, 0.15) is 0 Å². The number of halogens is 3. The first kappa shape index (κ1) is 17.9. The second-order valence-corrected chi connectivity index (χ2v) is 6.99. The summed E-state index contributed by atoms with van der Waals surface area (Å²) in [5.41, 5.74) is 1.09. The molecule has 3 rings (SSSR count). The summed E-state index contributed by atoms with van der Waals surface area (Å²) in [6, 6.07) is 5.11. The summed E-state index contributed by atoms with van der Waals surface area (Å²) in [5.74, 6) is 0.0670. The van der Waals surface area contributed by atoms with Crippen LogP contribution in [0.3, 0.4) is 0 Å². The molecule has 0 unspecified atom stereocenters. The van der Waals surface area contributed by atoms with Gasteiger partial charge in [0.15, 0.2) is 0 Å². The Morgan fingerprint density at radius 1 is 1.05 bits per heavy atom. The van der Waals surface area contributed by atoms with Crippen molar-refractivity contribution in [2.45, 2.75) is 25.7 Å². The molecule has 1 aromatic carbocycles. The van der Waals surface area contributed by atoms with Crippen molar-refractivity contribution in [1.29, 1.82) is 0 Å². The van der Waals surface area contributed by atoms with Gasteiger partial charge in [0, 0.05) is 18.7 Å². The third-order valence-corrected chi connectivity index (χ3v) is 5.68. The Labute approximate surface area is 147 Å². The number of rotatable bonds is 1. The highest BCUT2D eigenvalue weighted by Gasteiger charge is 2.36. The molecular weight excluding hydrogens is 343 g/mol. The van der Waals surface area contributed by atoms with E-state index in [0.717, 1.165) is 39.0 Å². The summed E-state index contributed by atoms with van der Waals surface area (Å²) in [4.78, 5) is 14.5. The van der Waals surface area contributed by atoms with Crippen molar-refractivity contribution in [2.75, 3.05) is 26.2 Å². The van der Waals surface area contributed by atoms with Crippen molar-refractivity contribution in [3.05, 3.63) is 33.8 Å². The lowest BCUT2D eigenvalue weighted by Crippen LogP contribution is -2.47. The number of hydrogen-bond acceptors (Lipinski definition) is 2. The monoisotopic (exact) mass is 362 g/mol. The molecule has 0 aromatic heterocycles. The number of nitrogens with one attached hydrogen (secondary N) is 1. The summed E-state index contributed by atoms with van der Waals surface area (Å²) in [6.45, 7) is 3.92. The van der Waals surface area contributed by atoms with Crippen LogP contribution in [-0.4, -0.2) is 37.0 Å². The molecule has 22 heavy (non-hydrogen) atoms. The molecule has 2 heterocycles. The lowest BCUT2D eigenvalue weighted by atomic mass is 9.71. The number of carbonyl (C=O) groups excluding carboxylic acids is 1. The van der Waals surface area contributed by atoms with E-state index in [-0.39, 0.29) is 18.3 Å². The molecule has 3 nitrogen and oxygen atoms in total. The number of carbonyl (C=O) groups is 1. The molecule has 2 saturated heterocycles. The van der Waals surface area contributed by atoms with E-state index in [1.807, 2.05) is 4.90 Å². The van der Waals surface area contributed by atoms with Crippen molar-refractivity contribution in [1.82, 2.24) is 10.2 Å². The Kier molecular flexibility index (Phi) is 6.00. The van der Waals surface area contributed by atoms with Crippen LogP contribution in [0.2, 0.25) is 10.0 Å². The molecule has 1 aromatic rings. The Hall–Kier alpha value is -0.480. The smallest absolute Gasteiger partial charge is 0.253 e. The number of piperidine rings is 2. The highest BCUT2D eigenvalue weighted by atomic mass is 35.5. The average Bonchev–Trinajstić information content (AvgIpc) is 2.51. The third-order valence-electron chi connectivity index (χ3n) is 4.94. The minimum absolute atomic E-state index is 0. The molecule has 2 fully saturated rings. The van der Waals surface area contributed by atoms with Crippen molar-refractivity contribution >= 4 is 41.5 Å². The van der Waals surface area contributed by atoms with Crippen LogP contribution in [0.1, 0.15) is 36.0 Å². The Balaban J connectivity index is 0.00000176. The SMILES string of the molecule is Cl.O=C(c1ccc(Cl)c(Cl)c1)N1CCC2(CCNCC2)CC1. The van der Waals surface area contributed by atoms with E-state index < -0.39 is 0 Å². The highest BCUT2D eigenvalue weighted by molar-refractivity contribution is 6.42. The summed E-state index contributed by atoms with van der Waals surface area (Å²) >= 11 is 11.9. The largest absolute Gasteiger partial charge is 0.339 e. The summed E-state index contributed by atoms with van der Waals surface area (Å²) in [5, 5.41) is 4.35. The van der Waals surface area contributed by atoms with E-state index in [9.17, 15) is 4.79 Å². The first-order valence-electron chi connectivity index (χ1n) is 7.55. The lowest BCUT2D eigenvalue weighted by Gasteiger charge is -2.44. The predicted molar refractivity (Wildman–Crippen MR) is 93.4 cm³/mol. The summed E-state index contributed by atoms with van der Waals surface area (Å²) in [7, 11) is 0. The van der Waals surface area contributed by atoms with Gasteiger partial charge < -0.3 is 10.2 Å². The average molecular weight is 364 g/mol. The number of nitrogens with zero attached hydrogens (tertiary/aromatic N) is 1. The topological polar surface area (TPSA) is 32.3 Å². The lowest BCUT2D eigenvalue weighted by molar-refractivity contribution is 0.0496. The van der Waals surface area contributed by atoms with Crippen molar-refractivity contribution in [3.63, 3.8) is 0 Å². The Bertz CT molecular complexity index is 534. The fourth-order valence-corrected chi connectivity index (χ4v) is 3.75. The maximum Gasteiger partial charge on any atom is 0.253 e. The van der Waals surface area contributed by atoms with Crippen LogP contribution in [-0.2, 0) is 0 Å². The minimum Gasteiger partial charge on any atom is -0.339 e. The van der Waals surface area contributed by atoms with E-state index in [1.54, 1.807) is 18.2 Å². The standard InChI is InChI=1S/C16H20Cl2N2O.ClH/c17-13-2-1-12(11-14(13)18)15(21)20-9-5-16(6-10-20)3-7-19-8-4-16;/h1-2,11,19H,3-10H2;1H. The first-order valence-corrected chi connectivity index (χ1v) is 8.30. The van der Waals surface area contributed by atoms with Crippen molar-refractivity contribution < 1.29 is 4.79 Å². The molecule has 122 valence electrons. The number of likely N-dealkylation sites (tertiary alicyclic amines) is 1. The normalized spacial score (nSPS) is 20.5. The van der Waals surface area contributed by atoms with Gasteiger partial charge in [-0.1, -0.05) is 23.2 Å². The van der Waals surface area contributed by atoms with Crippen LogP contribution >= 0.6 is 35.6 Å². The molecule has 2 aliphatic heterocycles. The van der Waals surface area contributed by atoms with Gasteiger partial charge in [-0.05, 0) is 62.4 Å². The van der Waals surface area contributed by atoms with Crippen LogP contribution in [0.25, 0.3) is 0 Å². The van der Waals surface area contributed by atoms with Crippen LogP contribution in [0.5, 0.6) is 0 Å². The Morgan fingerprint density at radius 2 is 1.68 bits per heavy atom. The zero-order valence-electron chi connectivity index (χ0n) is 12.4. The molecule has 1 N–H and O–H groups in total. The van der Waals surface area contributed by atoms with E-state index >= 15 is 0 Å². The molecule has 1 amide bonds. The first-order chi connectivity index (χ1) is 10.1. The second kappa shape index (κ2) is 7.39. The quantitative estimate of drug-likeness (QED) is 0.817. The molecule has 1 spiro atoms. The molecule has 0 atom stereocenters. The fraction of sp³-hybridized carbons (Fsp3) is 0.562. The van der Waals surface area contributed by atoms with Crippen molar-refractivity contribution in [2.24, 2.45) is 5.41 Å². The van der Waals surface area contributed by atoms with Crippen LogP contribution in [0, 0.1) is 5.41 Å². The molecule has 0 saturated carbocycles. The molecule has 0 radical (unpaired) electrons. The van der Waals surface area contributed by atoms with E-state index in [2.05, 4.69) is 5.32 Å². The molecule has 2 aliphatic rings. The maximum atomic E-state index is 12.5. The highest BCUT2D eigenvalue weighted by Crippen LogP contribution is 2.39. The second-order valence-electron chi connectivity index (χ2n) is 6.17. The van der Waals surface area contributed by atoms with Crippen LogP contribution in [0.15, 0.2) is 18.2 Å². The van der Waals surface area contributed by atoms with Gasteiger partial charge in [-0.2, -0.15) is 0 Å².